The Balaban J connectivity index is 2.52. The fourth-order valence-electron chi connectivity index (χ4n) is 1.65. The molecule has 0 unspecified atom stereocenters. The highest BCUT2D eigenvalue weighted by molar-refractivity contribution is 6.32. The first-order valence-corrected chi connectivity index (χ1v) is 4.96. The fraction of sp³-hybridized carbons (Fsp3) is 0.0769. The molecular weight excluding hydrogens is 202 g/mol. The van der Waals surface area contributed by atoms with Crippen molar-refractivity contribution in [2.45, 2.75) is 6.92 Å². The number of hydrogen-bond acceptors (Lipinski definition) is 2. The summed E-state index contributed by atoms with van der Waals surface area (Å²) in [4.78, 5) is 21.9. The van der Waals surface area contributed by atoms with Crippen LogP contribution in [0, 0.1) is 6.92 Å². The molecule has 16 heavy (non-hydrogen) atoms. The summed E-state index contributed by atoms with van der Waals surface area (Å²) < 4.78 is 1.71. The molecule has 2 aromatic rings. The van der Waals surface area contributed by atoms with Crippen molar-refractivity contribution in [2.24, 2.45) is 0 Å². The minimum atomic E-state index is -0.508. The fourth-order valence-corrected chi connectivity index (χ4v) is 1.65. The van der Waals surface area contributed by atoms with Crippen LogP contribution < -0.4 is 0 Å². The lowest BCUT2D eigenvalue weighted by Gasteiger charge is -2.07. The molecular formula is C13H11NO2. The van der Waals surface area contributed by atoms with E-state index < -0.39 is 5.78 Å². The first kappa shape index (κ1) is 10.4. The van der Waals surface area contributed by atoms with Crippen molar-refractivity contribution in [1.82, 2.24) is 4.57 Å². The lowest BCUT2D eigenvalue weighted by molar-refractivity contribution is -0.104. The van der Waals surface area contributed by atoms with Crippen molar-refractivity contribution in [3.8, 4) is 5.69 Å². The van der Waals surface area contributed by atoms with Gasteiger partial charge in [0.25, 0.3) is 0 Å². The second-order valence-electron chi connectivity index (χ2n) is 3.58. The van der Waals surface area contributed by atoms with Crippen molar-refractivity contribution in [2.75, 3.05) is 0 Å². The number of nitrogens with zero attached hydrogens (tertiary/aromatic N) is 1. The van der Waals surface area contributed by atoms with E-state index in [4.69, 9.17) is 0 Å². The molecule has 2 rings (SSSR count). The minimum absolute atomic E-state index is 0.335. The number of rotatable bonds is 3. The van der Waals surface area contributed by atoms with E-state index in [0.29, 0.717) is 12.0 Å². The maximum atomic E-state index is 11.4. The Kier molecular flexibility index (Phi) is 2.68. The van der Waals surface area contributed by atoms with Gasteiger partial charge in [-0.15, -0.1) is 0 Å². The molecule has 1 heterocycles. The zero-order valence-electron chi connectivity index (χ0n) is 8.88. The Bertz CT molecular complexity index is 540. The van der Waals surface area contributed by atoms with Gasteiger partial charge in [-0.25, -0.2) is 0 Å². The molecule has 0 bridgehead atoms. The molecule has 0 spiro atoms. The number of carbonyl (C=O) groups excluding carboxylic acids is 2. The molecule has 0 radical (unpaired) electrons. The summed E-state index contributed by atoms with van der Waals surface area (Å²) >= 11 is 0. The van der Waals surface area contributed by atoms with Crippen LogP contribution in [0.3, 0.4) is 0 Å². The van der Waals surface area contributed by atoms with Crippen molar-refractivity contribution in [3.63, 3.8) is 0 Å². The molecule has 80 valence electrons. The third kappa shape index (κ3) is 1.80. The maximum absolute atomic E-state index is 11.4. The van der Waals surface area contributed by atoms with E-state index in [-0.39, 0.29) is 0 Å². The van der Waals surface area contributed by atoms with Gasteiger partial charge >= 0.3 is 0 Å². The smallest absolute Gasteiger partial charge is 0.242 e. The van der Waals surface area contributed by atoms with Gasteiger partial charge in [-0.05, 0) is 36.8 Å². The molecule has 3 nitrogen and oxygen atoms in total. The molecule has 0 N–H and O–H groups in total. The maximum Gasteiger partial charge on any atom is 0.242 e. The Hall–Kier alpha value is -2.16. The van der Waals surface area contributed by atoms with Gasteiger partial charge in [0.15, 0.2) is 6.29 Å². The Morgan fingerprint density at radius 1 is 1.25 bits per heavy atom. The largest absolute Gasteiger partial charge is 0.314 e. The molecule has 0 amide bonds. The molecule has 0 saturated heterocycles. The molecule has 0 aliphatic carbocycles. The number of carbonyl (C=O) groups is 2. The number of aryl methyl sites for hydroxylation is 1. The van der Waals surface area contributed by atoms with Gasteiger partial charge in [0, 0.05) is 11.9 Å². The molecule has 1 aromatic carbocycles. The normalized spacial score (nSPS) is 10.1. The second-order valence-corrected chi connectivity index (χ2v) is 3.58. The molecule has 0 fully saturated rings. The van der Waals surface area contributed by atoms with Gasteiger partial charge < -0.3 is 4.57 Å². The third-order valence-electron chi connectivity index (χ3n) is 2.39. The number of benzene rings is 1. The second kappa shape index (κ2) is 4.14. The Morgan fingerprint density at radius 3 is 2.75 bits per heavy atom. The van der Waals surface area contributed by atoms with Crippen LogP contribution in [0.5, 0.6) is 0 Å². The van der Waals surface area contributed by atoms with Crippen molar-refractivity contribution in [3.05, 3.63) is 53.9 Å². The molecule has 0 aliphatic heterocycles. The monoisotopic (exact) mass is 213 g/mol. The first-order chi connectivity index (χ1) is 7.72. The van der Waals surface area contributed by atoms with E-state index in [2.05, 4.69) is 0 Å². The summed E-state index contributed by atoms with van der Waals surface area (Å²) in [7, 11) is 0. The number of hydrogen-bond donors (Lipinski definition) is 0. The van der Waals surface area contributed by atoms with Crippen LogP contribution in [-0.2, 0) is 4.79 Å². The molecule has 0 saturated carbocycles. The Labute approximate surface area is 93.3 Å². The minimum Gasteiger partial charge on any atom is -0.314 e. The van der Waals surface area contributed by atoms with E-state index in [9.17, 15) is 9.59 Å². The summed E-state index contributed by atoms with van der Waals surface area (Å²) in [5.41, 5.74) is 2.38. The van der Waals surface area contributed by atoms with Gasteiger partial charge in [0.1, 0.15) is 0 Å². The van der Waals surface area contributed by atoms with Gasteiger partial charge in [-0.3, -0.25) is 9.59 Å². The standard InChI is InChI=1S/C13H11NO2/c1-10-4-2-5-11(8-10)14-7-3-6-12(14)13(16)9-15/h2-9H,1H3. The van der Waals surface area contributed by atoms with Crippen LogP contribution in [-0.4, -0.2) is 16.6 Å². The van der Waals surface area contributed by atoms with E-state index in [1.165, 1.54) is 0 Å². The summed E-state index contributed by atoms with van der Waals surface area (Å²) in [6, 6.07) is 11.1. The summed E-state index contributed by atoms with van der Waals surface area (Å²) in [5.74, 6) is -0.508. The van der Waals surface area contributed by atoms with Crippen LogP contribution in [0.2, 0.25) is 0 Å². The average Bonchev–Trinajstić information content (AvgIpc) is 2.77. The van der Waals surface area contributed by atoms with Crippen LogP contribution in [0.25, 0.3) is 5.69 Å². The van der Waals surface area contributed by atoms with Crippen molar-refractivity contribution < 1.29 is 9.59 Å². The number of aldehydes is 1. The quantitative estimate of drug-likeness (QED) is 0.445. The van der Waals surface area contributed by atoms with Crippen LogP contribution in [0.15, 0.2) is 42.6 Å². The van der Waals surface area contributed by atoms with Crippen LogP contribution >= 0.6 is 0 Å². The third-order valence-corrected chi connectivity index (χ3v) is 2.39. The molecule has 0 aliphatic rings. The zero-order valence-corrected chi connectivity index (χ0v) is 8.88. The molecule has 1 aromatic heterocycles. The number of ketones is 1. The van der Waals surface area contributed by atoms with E-state index in [0.717, 1.165) is 11.3 Å². The van der Waals surface area contributed by atoms with Gasteiger partial charge in [0.2, 0.25) is 5.78 Å². The predicted octanol–water partition coefficient (Wildman–Crippen LogP) is 2.17. The predicted molar refractivity (Wildman–Crippen MR) is 60.9 cm³/mol. The lowest BCUT2D eigenvalue weighted by Crippen LogP contribution is -2.07. The summed E-state index contributed by atoms with van der Waals surface area (Å²) in [5, 5.41) is 0. The number of Topliss-reactive ketones (excluding diaryl/α,β-unsaturated/α-hetero) is 1. The lowest BCUT2D eigenvalue weighted by atomic mass is 10.2. The molecule has 0 atom stereocenters. The topological polar surface area (TPSA) is 39.1 Å². The van der Waals surface area contributed by atoms with Crippen LogP contribution in [0.1, 0.15) is 16.1 Å². The van der Waals surface area contributed by atoms with Gasteiger partial charge in [-0.1, -0.05) is 12.1 Å². The van der Waals surface area contributed by atoms with E-state index in [1.54, 1.807) is 22.9 Å². The summed E-state index contributed by atoms with van der Waals surface area (Å²) in [6.07, 6.45) is 2.10. The zero-order chi connectivity index (χ0) is 11.5. The van der Waals surface area contributed by atoms with Gasteiger partial charge in [0.05, 0.1) is 5.69 Å². The van der Waals surface area contributed by atoms with E-state index >= 15 is 0 Å². The first-order valence-electron chi connectivity index (χ1n) is 4.96. The molecule has 3 heteroatoms. The van der Waals surface area contributed by atoms with Crippen molar-refractivity contribution in [1.29, 1.82) is 0 Å². The Morgan fingerprint density at radius 2 is 2.06 bits per heavy atom. The highest BCUT2D eigenvalue weighted by Gasteiger charge is 2.10. The van der Waals surface area contributed by atoms with Gasteiger partial charge in [-0.2, -0.15) is 0 Å². The van der Waals surface area contributed by atoms with E-state index in [1.807, 2.05) is 31.2 Å². The highest BCUT2D eigenvalue weighted by Crippen LogP contribution is 2.14. The summed E-state index contributed by atoms with van der Waals surface area (Å²) in [6.45, 7) is 1.98. The van der Waals surface area contributed by atoms with Crippen molar-refractivity contribution >= 4 is 12.1 Å². The highest BCUT2D eigenvalue weighted by atomic mass is 16.2. The number of aromatic nitrogens is 1. The van der Waals surface area contributed by atoms with Crippen LogP contribution in [0.4, 0.5) is 0 Å². The SMILES string of the molecule is Cc1cccc(-n2cccc2C(=O)C=O)c1. The average molecular weight is 213 g/mol.